The number of H-pyrrole nitrogens is 2. The normalized spacial score (nSPS) is 13.0. The number of hydrogen-bond acceptors (Lipinski definition) is 6. The minimum absolute atomic E-state index is 0.0430. The number of ether oxygens (including phenoxy) is 1. The van der Waals surface area contributed by atoms with Crippen molar-refractivity contribution in [2.45, 2.75) is 50.4 Å². The maximum absolute atomic E-state index is 13.8. The van der Waals surface area contributed by atoms with Crippen LogP contribution in [0.15, 0.2) is 96.2 Å². The molecule has 0 fully saturated rings. The molecule has 0 spiro atoms. The maximum atomic E-state index is 13.8. The first-order valence-electron chi connectivity index (χ1n) is 15.5. The average Bonchev–Trinajstić information content (AvgIpc) is 3.68. The number of nitrogens with zero attached hydrogens (tertiary/aromatic N) is 1. The fraction of sp³-hybridized carbons (Fsp3) is 0.257. The lowest BCUT2D eigenvalue weighted by Crippen LogP contribution is -2.55. The summed E-state index contributed by atoms with van der Waals surface area (Å²) in [6.45, 7) is 0.294. The number of nitrogens with two attached hydrogens (primary N) is 3. The van der Waals surface area contributed by atoms with Crippen molar-refractivity contribution in [3.63, 3.8) is 0 Å². The van der Waals surface area contributed by atoms with Crippen LogP contribution in [0.2, 0.25) is 0 Å². The number of aromatic nitrogens is 2. The van der Waals surface area contributed by atoms with Crippen LogP contribution in [0.3, 0.4) is 0 Å². The summed E-state index contributed by atoms with van der Waals surface area (Å²) in [5, 5.41) is 7.54. The van der Waals surface area contributed by atoms with Crippen molar-refractivity contribution in [3.8, 4) is 0 Å². The van der Waals surface area contributed by atoms with Gasteiger partial charge in [0.25, 0.3) is 0 Å². The quantitative estimate of drug-likeness (QED) is 0.0395. The van der Waals surface area contributed by atoms with Crippen LogP contribution in [-0.2, 0) is 38.6 Å². The molecule has 47 heavy (non-hydrogen) atoms. The van der Waals surface area contributed by atoms with Crippen molar-refractivity contribution >= 4 is 45.5 Å². The highest BCUT2D eigenvalue weighted by Crippen LogP contribution is 2.21. The third kappa shape index (κ3) is 8.76. The number of amides is 2. The number of aromatic amines is 2. The molecule has 5 rings (SSSR count). The molecule has 0 aliphatic heterocycles. The summed E-state index contributed by atoms with van der Waals surface area (Å²) in [6.07, 6.45) is 4.65. The smallest absolute Gasteiger partial charge is 0.329 e. The lowest BCUT2D eigenvalue weighted by atomic mass is 10.0. The van der Waals surface area contributed by atoms with Crippen LogP contribution in [0, 0.1) is 0 Å². The Hall–Kier alpha value is -5.62. The summed E-state index contributed by atoms with van der Waals surface area (Å²) >= 11 is 0. The lowest BCUT2D eigenvalue weighted by Gasteiger charge is -2.24. The van der Waals surface area contributed by atoms with Gasteiger partial charge in [0, 0.05) is 47.2 Å². The Labute approximate surface area is 272 Å². The second-order valence-electron chi connectivity index (χ2n) is 11.4. The van der Waals surface area contributed by atoms with Crippen molar-refractivity contribution in [1.29, 1.82) is 0 Å². The highest BCUT2D eigenvalue weighted by molar-refractivity contribution is 5.93. The van der Waals surface area contributed by atoms with E-state index in [0.717, 1.165) is 38.5 Å². The molecule has 2 aromatic heterocycles. The zero-order chi connectivity index (χ0) is 33.2. The van der Waals surface area contributed by atoms with Crippen molar-refractivity contribution in [1.82, 2.24) is 20.6 Å². The number of benzene rings is 3. The molecule has 0 aliphatic rings. The number of hydrogen-bond donors (Lipinski definition) is 7. The zero-order valence-electron chi connectivity index (χ0n) is 25.9. The molecule has 2 heterocycles. The van der Waals surface area contributed by atoms with Gasteiger partial charge in [-0.25, -0.2) is 4.79 Å². The van der Waals surface area contributed by atoms with Crippen LogP contribution in [0.1, 0.15) is 29.5 Å². The van der Waals surface area contributed by atoms with E-state index in [0.29, 0.717) is 6.42 Å². The number of carbonyl (C=O) groups excluding carboxylic acids is 3. The molecule has 244 valence electrons. The highest BCUT2D eigenvalue weighted by Gasteiger charge is 2.30. The van der Waals surface area contributed by atoms with Gasteiger partial charge in [-0.05, 0) is 48.1 Å². The van der Waals surface area contributed by atoms with Gasteiger partial charge in [-0.1, -0.05) is 66.7 Å². The van der Waals surface area contributed by atoms with Crippen molar-refractivity contribution in [2.75, 3.05) is 6.54 Å². The minimum Gasteiger partial charge on any atom is -0.459 e. The van der Waals surface area contributed by atoms with Gasteiger partial charge in [-0.3, -0.25) is 14.6 Å². The Morgan fingerprint density at radius 3 is 1.96 bits per heavy atom. The molecular weight excluding hydrogens is 596 g/mol. The lowest BCUT2D eigenvalue weighted by molar-refractivity contribution is -0.149. The molecule has 0 aliphatic carbocycles. The van der Waals surface area contributed by atoms with E-state index in [4.69, 9.17) is 21.9 Å². The van der Waals surface area contributed by atoms with Crippen LogP contribution < -0.4 is 27.8 Å². The number of fused-ring (bicyclic) bond motifs is 2. The summed E-state index contributed by atoms with van der Waals surface area (Å²) in [7, 11) is 0. The van der Waals surface area contributed by atoms with Gasteiger partial charge in [0.05, 0.1) is 6.04 Å². The van der Waals surface area contributed by atoms with Gasteiger partial charge in [0.15, 0.2) is 5.96 Å². The van der Waals surface area contributed by atoms with Gasteiger partial charge in [-0.2, -0.15) is 0 Å². The van der Waals surface area contributed by atoms with E-state index >= 15 is 0 Å². The van der Waals surface area contributed by atoms with Gasteiger partial charge in [-0.15, -0.1) is 0 Å². The van der Waals surface area contributed by atoms with E-state index in [1.54, 1.807) is 0 Å². The molecule has 3 atom stereocenters. The molecular formula is C35H40N8O4. The number of aliphatic imine (C=N–C) groups is 1. The number of nitrogens with one attached hydrogen (secondary N) is 4. The Morgan fingerprint density at radius 1 is 0.745 bits per heavy atom. The average molecular weight is 637 g/mol. The first-order chi connectivity index (χ1) is 22.8. The summed E-state index contributed by atoms with van der Waals surface area (Å²) in [5.74, 6) is -1.73. The van der Waals surface area contributed by atoms with E-state index in [2.05, 4.69) is 25.6 Å². The Bertz CT molecular complexity index is 1840. The van der Waals surface area contributed by atoms with Gasteiger partial charge in [0.1, 0.15) is 18.7 Å². The summed E-state index contributed by atoms with van der Waals surface area (Å²) < 4.78 is 5.65. The van der Waals surface area contributed by atoms with Crippen LogP contribution in [-0.4, -0.2) is 58.4 Å². The van der Waals surface area contributed by atoms with Gasteiger partial charge < -0.3 is 42.5 Å². The monoisotopic (exact) mass is 636 g/mol. The number of rotatable bonds is 15. The fourth-order valence-corrected chi connectivity index (χ4v) is 5.50. The molecule has 0 saturated carbocycles. The predicted molar refractivity (Wildman–Crippen MR) is 182 cm³/mol. The molecule has 0 radical (unpaired) electrons. The second kappa shape index (κ2) is 15.6. The summed E-state index contributed by atoms with van der Waals surface area (Å²) in [5.41, 5.74) is 21.7. The summed E-state index contributed by atoms with van der Waals surface area (Å²) in [6, 6.07) is 21.7. The largest absolute Gasteiger partial charge is 0.459 e. The first kappa shape index (κ1) is 32.8. The van der Waals surface area contributed by atoms with E-state index in [9.17, 15) is 14.4 Å². The van der Waals surface area contributed by atoms with Crippen molar-refractivity contribution < 1.29 is 19.1 Å². The highest BCUT2D eigenvalue weighted by atomic mass is 16.5. The first-order valence-corrected chi connectivity index (χ1v) is 15.5. The number of esters is 1. The molecule has 0 unspecified atom stereocenters. The predicted octanol–water partition coefficient (Wildman–Crippen LogP) is 2.53. The topological polar surface area (TPSA) is 206 Å². The van der Waals surface area contributed by atoms with E-state index in [1.165, 1.54) is 0 Å². The molecule has 5 aromatic rings. The zero-order valence-corrected chi connectivity index (χ0v) is 25.9. The molecule has 12 nitrogen and oxygen atoms in total. The number of guanidine groups is 1. The molecule has 3 aromatic carbocycles. The summed E-state index contributed by atoms with van der Waals surface area (Å²) in [4.78, 5) is 51.1. The second-order valence-corrected chi connectivity index (χ2v) is 11.4. The van der Waals surface area contributed by atoms with Crippen molar-refractivity contribution in [2.24, 2.45) is 22.2 Å². The molecule has 0 saturated heterocycles. The number of para-hydroxylation sites is 2. The van der Waals surface area contributed by atoms with E-state index < -0.39 is 35.9 Å². The Kier molecular flexibility index (Phi) is 10.9. The Balaban J connectivity index is 1.32. The number of carbonyl (C=O) groups is 3. The van der Waals surface area contributed by atoms with E-state index in [1.807, 2.05) is 91.3 Å². The van der Waals surface area contributed by atoms with Crippen LogP contribution in [0.25, 0.3) is 21.8 Å². The van der Waals surface area contributed by atoms with Crippen LogP contribution in [0.4, 0.5) is 0 Å². The SMILES string of the molecule is NC(N)=NCCC[C@@H](NC(=O)[C@H](N)Cc1c[nH]c2ccccc12)C(=O)N[C@H](Cc1c[nH]c2ccccc12)C(=O)OCc1ccccc1. The van der Waals surface area contributed by atoms with Crippen LogP contribution in [0.5, 0.6) is 0 Å². The third-order valence-electron chi connectivity index (χ3n) is 7.95. The van der Waals surface area contributed by atoms with Crippen molar-refractivity contribution in [3.05, 3.63) is 108 Å². The standard InChI is InChI=1S/C35H40N8O4/c36-27(17-23-19-40-28-13-6-4-11-25(23)28)32(44)42-30(15-8-16-39-35(37)38)33(45)43-31(34(46)47-21-22-9-2-1-3-10-22)18-24-20-41-29-14-7-5-12-26(24)29/h1-7,9-14,19-20,27,30-31,40-41H,8,15-18,21,36H2,(H,42,44)(H,43,45)(H4,37,38,39)/t27-,30-,31-/m1/s1. The molecule has 2 amide bonds. The third-order valence-corrected chi connectivity index (χ3v) is 7.95. The minimum atomic E-state index is -1.04. The molecule has 0 bridgehead atoms. The van der Waals surface area contributed by atoms with Gasteiger partial charge >= 0.3 is 5.97 Å². The van der Waals surface area contributed by atoms with Crippen LogP contribution >= 0.6 is 0 Å². The maximum Gasteiger partial charge on any atom is 0.329 e. The van der Waals surface area contributed by atoms with E-state index in [-0.39, 0.29) is 38.4 Å². The molecule has 12 heteroatoms. The Morgan fingerprint density at radius 2 is 1.32 bits per heavy atom. The molecule has 10 N–H and O–H groups in total. The fourth-order valence-electron chi connectivity index (χ4n) is 5.50. The van der Waals surface area contributed by atoms with Gasteiger partial charge in [0.2, 0.25) is 11.8 Å².